The van der Waals surface area contributed by atoms with Crippen LogP contribution in [0.5, 0.6) is 0 Å². The van der Waals surface area contributed by atoms with Gasteiger partial charge in [-0.2, -0.15) is 0 Å². The van der Waals surface area contributed by atoms with E-state index in [-0.39, 0.29) is 54.9 Å². The van der Waals surface area contributed by atoms with Gasteiger partial charge in [-0.05, 0) is 74.5 Å². The summed E-state index contributed by atoms with van der Waals surface area (Å²) < 4.78 is 64.0. The van der Waals surface area contributed by atoms with Crippen LogP contribution >= 0.6 is 0 Å². The molecule has 14 nitrogen and oxygen atoms in total. The van der Waals surface area contributed by atoms with Crippen LogP contribution in [0.2, 0.25) is 0 Å². The Hall–Kier alpha value is -3.15. The molecule has 14 heteroatoms. The van der Waals surface area contributed by atoms with Crippen molar-refractivity contribution in [2.45, 2.75) is 179 Å². The third-order valence-corrected chi connectivity index (χ3v) is 14.5. The molecule has 0 amide bonds. The van der Waals surface area contributed by atoms with Gasteiger partial charge in [0.2, 0.25) is 0 Å². The predicted octanol–water partition coefficient (Wildman–Crippen LogP) is 6.35. The second kappa shape index (κ2) is 20.4. The van der Waals surface area contributed by atoms with E-state index in [1.807, 2.05) is 45.9 Å². The molecule has 0 radical (unpaired) electrons. The van der Waals surface area contributed by atoms with Crippen molar-refractivity contribution in [3.8, 4) is 0 Å². The third kappa shape index (κ3) is 9.93. The molecule has 0 aromatic rings. The van der Waals surface area contributed by atoms with Crippen molar-refractivity contribution in [1.82, 2.24) is 0 Å². The van der Waals surface area contributed by atoms with E-state index in [0.29, 0.717) is 36.8 Å². The molecule has 64 heavy (non-hydrogen) atoms. The lowest BCUT2D eigenvalue weighted by molar-refractivity contribution is -0.305. The molecule has 1 N–H and O–H groups in total. The van der Waals surface area contributed by atoms with Crippen LogP contribution in [-0.4, -0.2) is 129 Å². The fraction of sp³-hybridized carbons (Fsp3) is 0.700. The Balaban J connectivity index is 1.17. The molecule has 7 rings (SSSR count). The Morgan fingerprint density at radius 3 is 2.44 bits per heavy atom. The van der Waals surface area contributed by atoms with E-state index in [9.17, 15) is 19.5 Å². The molecule has 0 saturated carbocycles. The maximum absolute atomic E-state index is 14.3. The average Bonchev–Trinajstić information content (AvgIpc) is 3.61. The van der Waals surface area contributed by atoms with E-state index in [1.165, 1.54) is 12.2 Å². The van der Waals surface area contributed by atoms with Gasteiger partial charge in [-0.25, -0.2) is 0 Å². The zero-order chi connectivity index (χ0) is 46.1. The Morgan fingerprint density at radius 2 is 1.72 bits per heavy atom. The molecule has 2 bridgehead atoms. The van der Waals surface area contributed by atoms with Gasteiger partial charge in [0.1, 0.15) is 30.0 Å². The minimum atomic E-state index is -1.94. The van der Waals surface area contributed by atoms with Crippen molar-refractivity contribution < 1.29 is 66.9 Å². The summed E-state index contributed by atoms with van der Waals surface area (Å²) in [5.74, 6) is -3.11. The summed E-state index contributed by atoms with van der Waals surface area (Å²) in [5, 5.41) is 12.5. The number of allylic oxidation sites excluding steroid dienone is 3. The molecule has 4 fully saturated rings. The molecule has 6 aliphatic heterocycles. The topological polar surface area (TPSA) is 164 Å². The van der Waals surface area contributed by atoms with E-state index in [0.717, 1.165) is 23.9 Å². The second-order valence-electron chi connectivity index (χ2n) is 19.0. The van der Waals surface area contributed by atoms with Gasteiger partial charge in [-0.1, -0.05) is 70.6 Å². The zero-order valence-electron chi connectivity index (χ0n) is 39.1. The lowest BCUT2D eigenvalue weighted by Crippen LogP contribution is -2.57. The molecule has 1 spiro atoms. The van der Waals surface area contributed by atoms with Crippen LogP contribution < -0.4 is 0 Å². The molecule has 18 atom stereocenters. The van der Waals surface area contributed by atoms with Crippen LogP contribution in [-0.2, 0) is 61.8 Å². The number of carbonyl (C=O) groups is 3. The van der Waals surface area contributed by atoms with E-state index in [4.69, 9.17) is 47.4 Å². The van der Waals surface area contributed by atoms with Gasteiger partial charge in [0.25, 0.3) is 0 Å². The quantitative estimate of drug-likeness (QED) is 0.118. The van der Waals surface area contributed by atoms with Crippen LogP contribution in [0.25, 0.3) is 0 Å². The van der Waals surface area contributed by atoms with E-state index < -0.39 is 78.6 Å². The highest BCUT2D eigenvalue weighted by molar-refractivity contribution is 6.03. The number of ketones is 1. The summed E-state index contributed by atoms with van der Waals surface area (Å²) >= 11 is 0. The van der Waals surface area contributed by atoms with E-state index >= 15 is 0 Å². The zero-order valence-corrected chi connectivity index (χ0v) is 39.1. The highest BCUT2D eigenvalue weighted by Gasteiger charge is 2.60. The smallest absolute Gasteiger partial charge is 0.316 e. The number of methoxy groups -OCH3 is 2. The lowest BCUT2D eigenvalue weighted by Gasteiger charge is -2.48. The summed E-state index contributed by atoms with van der Waals surface area (Å²) in [7, 11) is 3.25. The lowest BCUT2D eigenvalue weighted by atomic mass is 9.71. The fourth-order valence-electron chi connectivity index (χ4n) is 10.7. The minimum absolute atomic E-state index is 0.0331. The van der Waals surface area contributed by atoms with Crippen LogP contribution in [0.3, 0.4) is 0 Å². The van der Waals surface area contributed by atoms with E-state index in [1.54, 1.807) is 27.2 Å². The molecule has 4 saturated heterocycles. The Kier molecular flexibility index (Phi) is 15.5. The number of carbonyl (C=O) groups excluding carboxylic acids is 3. The summed E-state index contributed by atoms with van der Waals surface area (Å²) in [6.07, 6.45) is 12.2. The molecule has 18 unspecified atom stereocenters. The first kappa shape index (κ1) is 48.8. The highest BCUT2D eigenvalue weighted by atomic mass is 16.7. The molecule has 7 aliphatic rings. The average molecular weight is 895 g/mol. The van der Waals surface area contributed by atoms with Crippen molar-refractivity contribution in [2.75, 3.05) is 20.8 Å². The number of hydrogen-bond acceptors (Lipinski definition) is 14. The summed E-state index contributed by atoms with van der Waals surface area (Å²) in [4.78, 5) is 39.1. The number of aliphatic hydroxyl groups is 1. The van der Waals surface area contributed by atoms with Gasteiger partial charge in [0, 0.05) is 51.7 Å². The van der Waals surface area contributed by atoms with Gasteiger partial charge in [0.05, 0.1) is 49.3 Å². The molecule has 6 heterocycles. The van der Waals surface area contributed by atoms with Gasteiger partial charge >= 0.3 is 5.97 Å². The number of rotatable bonds is 9. The van der Waals surface area contributed by atoms with Gasteiger partial charge in [-0.15, -0.1) is 0 Å². The van der Waals surface area contributed by atoms with Gasteiger partial charge in [0.15, 0.2) is 30.3 Å². The first-order valence-corrected chi connectivity index (χ1v) is 23.2. The Labute approximate surface area is 378 Å². The van der Waals surface area contributed by atoms with Gasteiger partial charge in [-0.3, -0.25) is 14.4 Å². The van der Waals surface area contributed by atoms with Crippen LogP contribution in [0, 0.1) is 23.7 Å². The monoisotopic (exact) mass is 894 g/mol. The molecule has 0 aromatic heterocycles. The molecule has 1 aliphatic carbocycles. The van der Waals surface area contributed by atoms with Crippen molar-refractivity contribution in [1.29, 1.82) is 0 Å². The number of fused-ring (bicyclic) bond motifs is 2. The van der Waals surface area contributed by atoms with E-state index in [2.05, 4.69) is 32.9 Å². The Morgan fingerprint density at radius 1 is 0.953 bits per heavy atom. The third-order valence-electron chi connectivity index (χ3n) is 14.5. The van der Waals surface area contributed by atoms with Gasteiger partial charge < -0.3 is 52.5 Å². The normalized spacial score (nSPS) is 46.3. The highest BCUT2D eigenvalue weighted by Crippen LogP contribution is 2.46. The van der Waals surface area contributed by atoms with Crippen LogP contribution in [0.4, 0.5) is 0 Å². The second-order valence-corrected chi connectivity index (χ2v) is 19.0. The minimum Gasteiger partial charge on any atom is -0.462 e. The largest absolute Gasteiger partial charge is 0.462 e. The fourth-order valence-corrected chi connectivity index (χ4v) is 10.7. The van der Waals surface area contributed by atoms with Crippen molar-refractivity contribution >= 4 is 18.0 Å². The SMILES string of the molecule is CCC(C)C1OC2(C=CC1C)CC1CC(C/C=C(\C)C(OC3CC(OC)C(OC4CC(OC)/C(=C/C=O)C(C)O4)C(C)O3)C(C)/C=C/C=C3\COC4C(=O)C(C)=CC(C(=O)O1)C34O)O2. The van der Waals surface area contributed by atoms with Crippen LogP contribution in [0.15, 0.2) is 70.9 Å². The number of ether oxygens (including phenoxy) is 10. The Bertz CT molecular complexity index is 1900. The maximum Gasteiger partial charge on any atom is 0.316 e. The summed E-state index contributed by atoms with van der Waals surface area (Å²) in [5.41, 5.74) is 0.514. The molecular formula is C50H70O14. The van der Waals surface area contributed by atoms with Crippen molar-refractivity contribution in [3.63, 3.8) is 0 Å². The standard InChI is InChI=1S/C50H70O14/c1-11-27(2)45-30(5)17-19-49(64-45)25-36-22-35(63-49)16-15-29(4)44(28(3)13-12-14-34-26-57-47-43(52)31(6)21-38(48(53)60-36)50(34,47)54)61-42-24-40(56-10)46(33(8)59-42)62-41-23-39(55-9)37(18-20-51)32(7)58-41/h12-15,17-21,27-28,30,32-33,35-36,38-42,44-47,54H,11,16,22-26H2,1-10H3/b13-12+,29-15+,34-14+,37-18+. The summed E-state index contributed by atoms with van der Waals surface area (Å²) in [6, 6.07) is 0. The van der Waals surface area contributed by atoms with Crippen molar-refractivity contribution in [2.24, 2.45) is 23.7 Å². The van der Waals surface area contributed by atoms with Crippen molar-refractivity contribution in [3.05, 3.63) is 70.9 Å². The predicted molar refractivity (Wildman–Crippen MR) is 234 cm³/mol. The number of hydrogen-bond donors (Lipinski definition) is 1. The maximum atomic E-state index is 14.3. The number of Topliss-reactive ketones (excluding diaryl/α,β-unsaturated/α-hetero) is 1. The number of aldehydes is 1. The number of esters is 1. The first-order chi connectivity index (χ1) is 30.5. The molecular weight excluding hydrogens is 825 g/mol. The van der Waals surface area contributed by atoms with Crippen LogP contribution in [0.1, 0.15) is 93.9 Å². The molecule has 354 valence electrons. The molecule has 0 aromatic carbocycles. The first-order valence-electron chi connectivity index (χ1n) is 23.2. The summed E-state index contributed by atoms with van der Waals surface area (Å²) in [6.45, 7) is 15.9.